The Morgan fingerprint density at radius 3 is 1.00 bits per heavy atom. The molecule has 0 aliphatic rings. The average molecular weight is 311 g/mol. The van der Waals surface area contributed by atoms with Crippen molar-refractivity contribution in [1.29, 1.82) is 0 Å². The van der Waals surface area contributed by atoms with Gasteiger partial charge in [-0.05, 0) is 0 Å². The van der Waals surface area contributed by atoms with Crippen LogP contribution in [0.2, 0.25) is 39.3 Å². The Kier molecular flexibility index (Phi) is 16.1. The molecule has 0 aliphatic carbocycles. The van der Waals surface area contributed by atoms with Gasteiger partial charge in [0.15, 0.2) is 0 Å². The van der Waals surface area contributed by atoms with Gasteiger partial charge in [-0.1, -0.05) is 39.3 Å². The minimum absolute atomic E-state index is 0. The third-order valence-corrected chi connectivity index (χ3v) is 0. The van der Waals surface area contributed by atoms with Crippen LogP contribution < -0.4 is 0 Å². The summed E-state index contributed by atoms with van der Waals surface area (Å²) < 4.78 is 5.40. The summed E-state index contributed by atoms with van der Waals surface area (Å²) >= 11 is 0. The molecule has 0 unspecified atom stereocenters. The van der Waals surface area contributed by atoms with E-state index >= 15 is 0 Å². The van der Waals surface area contributed by atoms with Gasteiger partial charge in [-0.2, -0.15) is 1.37 Å². The molecule has 0 saturated carbocycles. The van der Waals surface area contributed by atoms with E-state index in [4.69, 9.17) is 6.17 Å². The number of carbonyl (C=O) groups excluding carboxylic acids is 1. The molecule has 0 aromatic carbocycles. The largest absolute Gasteiger partial charge is 0.545 e. The van der Waals surface area contributed by atoms with E-state index in [9.17, 15) is 0 Å². The molecule has 0 bridgehead atoms. The minimum Gasteiger partial charge on any atom is -0.545 e. The number of rotatable bonds is 0. The molecule has 1 nitrogen and oxygen atoms in total. The Bertz CT molecular complexity index is 95.0. The zero-order valence-corrected chi connectivity index (χ0v) is 13.2. The van der Waals surface area contributed by atoms with Crippen molar-refractivity contribution in [2.45, 2.75) is 39.3 Å². The van der Waals surface area contributed by atoms with Gasteiger partial charge in [0.2, 0.25) is 0 Å². The second-order valence-corrected chi connectivity index (χ2v) is 15.4. The molecule has 0 heterocycles. The Morgan fingerprint density at radius 2 is 1.00 bits per heavy atom. The molecule has 13 heavy (non-hydrogen) atoms. The molecule has 0 spiro atoms. The van der Waals surface area contributed by atoms with Gasteiger partial charge in [0.1, 0.15) is 0 Å². The smallest absolute Gasteiger partial charge is 0 e. The molecule has 0 fully saturated rings. The van der Waals surface area contributed by atoms with Gasteiger partial charge < -0.3 is 17.9 Å². The van der Waals surface area contributed by atoms with Crippen molar-refractivity contribution in [3.05, 3.63) is 13.1 Å². The molecule has 0 rings (SSSR count). The second-order valence-electron chi connectivity index (χ2n) is 5.12. The molecule has 86 valence electrons. The van der Waals surface area contributed by atoms with Crippen molar-refractivity contribution in [2.75, 3.05) is 0 Å². The van der Waals surface area contributed by atoms with Gasteiger partial charge in [-0.25, -0.2) is 0 Å². The normalized spacial score (nSPS) is 10.3. The van der Waals surface area contributed by atoms with E-state index in [-0.39, 0.29) is 20.4 Å². The zero-order valence-electron chi connectivity index (χ0n) is 10.6. The number of hydrogen-bond donors (Lipinski definition) is 0. The van der Waals surface area contributed by atoms with Crippen LogP contribution in [-0.4, -0.2) is 22.9 Å². The molecule has 0 aliphatic heterocycles. The van der Waals surface area contributed by atoms with Crippen molar-refractivity contribution in [3.8, 4) is 0 Å². The molecule has 0 saturated heterocycles. The van der Waals surface area contributed by atoms with Crippen LogP contribution in [0.3, 0.4) is 0 Å². The Hall–Kier alpha value is 0.766. The summed E-state index contributed by atoms with van der Waals surface area (Å²) in [4.78, 5) is 8.35. The topological polar surface area (TPSA) is 17.1 Å². The molecule has 0 atom stereocenters. The van der Waals surface area contributed by atoms with Crippen LogP contribution in [0, 0.1) is 13.1 Å². The van der Waals surface area contributed by atoms with Crippen molar-refractivity contribution in [3.63, 3.8) is 0 Å². The first kappa shape index (κ1) is 19.4. The monoisotopic (exact) mass is 310 g/mol. The fourth-order valence-electron chi connectivity index (χ4n) is 0. The van der Waals surface area contributed by atoms with E-state index in [0.717, 1.165) is 6.77 Å². The van der Waals surface area contributed by atoms with E-state index in [1.807, 2.05) is 0 Å². The van der Waals surface area contributed by atoms with Crippen LogP contribution >= 0.6 is 0 Å². The molecule has 0 aromatic heterocycles. The van der Waals surface area contributed by atoms with Gasteiger partial charge in [0.25, 0.3) is 0 Å². The third kappa shape index (κ3) is 2520. The molecule has 4 heteroatoms. The van der Waals surface area contributed by atoms with Gasteiger partial charge in [-0.3, -0.25) is 6.77 Å². The maximum Gasteiger partial charge on any atom is 0 e. The van der Waals surface area contributed by atoms with Gasteiger partial charge >= 0.3 is 0 Å². The van der Waals surface area contributed by atoms with Gasteiger partial charge in [0.05, 0.1) is 0 Å². The summed E-state index contributed by atoms with van der Waals surface area (Å²) in [6, 6.07) is 0. The van der Waals surface area contributed by atoms with Crippen molar-refractivity contribution in [2.24, 2.45) is 0 Å². The van der Waals surface area contributed by atoms with Crippen LogP contribution in [0.5, 0.6) is 0 Å². The van der Waals surface area contributed by atoms with E-state index in [2.05, 4.69) is 52.4 Å². The van der Waals surface area contributed by atoms with E-state index in [1.165, 1.54) is 0 Å². The van der Waals surface area contributed by atoms with Gasteiger partial charge in [-0.15, -0.1) is 16.1 Å². The number of hydrogen-bond acceptors (Lipinski definition) is 1. The summed E-state index contributed by atoms with van der Waals surface area (Å²) in [6.45, 7) is 21.9. The summed E-state index contributed by atoms with van der Waals surface area (Å²) in [6.07, 6.45) is 0. The second kappa shape index (κ2) is 10.8. The molecule has 0 radical (unpaired) electrons. The summed E-state index contributed by atoms with van der Waals surface area (Å²) in [5, 5.41) is 0. The van der Waals surface area contributed by atoms with Crippen LogP contribution in [0.1, 0.15) is 1.37 Å². The fraction of sp³-hybridized carbons (Fsp3) is 0.667. The Morgan fingerprint density at radius 1 is 1.00 bits per heavy atom. The van der Waals surface area contributed by atoms with Crippen LogP contribution in [-0.2, 0) is 25.2 Å². The first-order valence-corrected chi connectivity index (χ1v) is 11.3. The average Bonchev–Trinajstić information content (AvgIpc) is 1.52. The fourth-order valence-corrected chi connectivity index (χ4v) is 0. The standard InChI is InChI=1S/2C4H11Si.CHO.Pd/c2*1-5(2,3)4;1-2;/h2*1H2,2-4H3;1H;/q3*-1;/i;;1D;. The van der Waals surface area contributed by atoms with Crippen LogP contribution in [0.15, 0.2) is 0 Å². The summed E-state index contributed by atoms with van der Waals surface area (Å²) in [7, 11) is -1.72. The quantitative estimate of drug-likeness (QED) is 0.382. The maximum atomic E-state index is 8.35. The van der Waals surface area contributed by atoms with Crippen LogP contribution in [0.25, 0.3) is 0 Å². The first-order chi connectivity index (χ1) is 5.41. The molecule has 0 aromatic rings. The van der Waals surface area contributed by atoms with Crippen molar-refractivity contribution >= 4 is 22.9 Å². The van der Waals surface area contributed by atoms with Crippen molar-refractivity contribution in [1.82, 2.24) is 0 Å². The molecular formula is C9H23OPdSi2-3. The zero-order chi connectivity index (χ0) is 11.7. The maximum absolute atomic E-state index is 8.35. The predicted molar refractivity (Wildman–Crippen MR) is 64.2 cm³/mol. The summed E-state index contributed by atoms with van der Waals surface area (Å²) in [5.41, 5.74) is 0. The first-order valence-electron chi connectivity index (χ1n) is 4.41. The Labute approximate surface area is 102 Å². The minimum atomic E-state index is -0.861. The van der Waals surface area contributed by atoms with Crippen LogP contribution in [0.4, 0.5) is 0 Å². The predicted octanol–water partition coefficient (Wildman–Crippen LogP) is 3.12. The molecule has 0 N–H and O–H groups in total. The SMILES string of the molecule is [2H][C-]=O.[CH2-][Si](C)(C)C.[CH2-][Si](C)(C)C.[Pd]. The molecule has 0 amide bonds. The van der Waals surface area contributed by atoms with E-state index in [1.54, 1.807) is 0 Å². The third-order valence-electron chi connectivity index (χ3n) is 0. The van der Waals surface area contributed by atoms with E-state index < -0.39 is 16.1 Å². The Balaban J connectivity index is -0.0000000535. The van der Waals surface area contributed by atoms with E-state index in [0.29, 0.717) is 0 Å². The summed E-state index contributed by atoms with van der Waals surface area (Å²) in [5.74, 6) is 0. The van der Waals surface area contributed by atoms with Gasteiger partial charge in [0, 0.05) is 20.4 Å². The van der Waals surface area contributed by atoms with Crippen molar-refractivity contribution < 1.29 is 26.6 Å². The molecular weight excluding hydrogens is 287 g/mol.